The minimum Gasteiger partial charge on any atom is -0.299 e. The van der Waals surface area contributed by atoms with Crippen LogP contribution in [-0.2, 0) is 9.59 Å². The number of rotatable bonds is 34. The van der Waals surface area contributed by atoms with E-state index in [0.717, 1.165) is 25.7 Å². The number of hydrogen-bond acceptors (Lipinski definition) is 2. The van der Waals surface area contributed by atoms with Crippen LogP contribution in [0.25, 0.3) is 0 Å². The molecule has 0 bridgehead atoms. The second-order valence-corrected chi connectivity index (χ2v) is 13.9. The summed E-state index contributed by atoms with van der Waals surface area (Å²) >= 11 is 0. The van der Waals surface area contributed by atoms with Crippen molar-refractivity contribution in [3.8, 4) is 0 Å². The molecule has 0 amide bonds. The van der Waals surface area contributed by atoms with E-state index in [1.165, 1.54) is 167 Å². The SMILES string of the molecule is CCCCCCCCCCCCCCCCCC(=O)C(C)(C)C(=O)CCCCCCCCCCCCCCCCC. The van der Waals surface area contributed by atoms with Gasteiger partial charge < -0.3 is 0 Å². The zero-order valence-corrected chi connectivity index (χ0v) is 28.9. The molecule has 0 rings (SSSR count). The molecular weight excluding hydrogens is 500 g/mol. The van der Waals surface area contributed by atoms with E-state index >= 15 is 0 Å². The lowest BCUT2D eigenvalue weighted by Crippen LogP contribution is -2.33. The van der Waals surface area contributed by atoms with E-state index in [4.69, 9.17) is 0 Å². The third-order valence-corrected chi connectivity index (χ3v) is 9.41. The first kappa shape index (κ1) is 40.3. The predicted molar refractivity (Wildman–Crippen MR) is 183 cm³/mol. The molecule has 2 nitrogen and oxygen atoms in total. The van der Waals surface area contributed by atoms with Crippen molar-refractivity contribution in [1.82, 2.24) is 0 Å². The molecule has 0 radical (unpaired) electrons. The Balaban J connectivity index is 3.55. The highest BCUT2D eigenvalue weighted by Gasteiger charge is 2.33. The number of unbranched alkanes of at least 4 members (excludes halogenated alkanes) is 28. The molecule has 0 aromatic rings. The van der Waals surface area contributed by atoms with Crippen LogP contribution in [0.2, 0.25) is 0 Å². The highest BCUT2D eigenvalue weighted by molar-refractivity contribution is 6.06. The first-order valence-electron chi connectivity index (χ1n) is 19.0. The van der Waals surface area contributed by atoms with Gasteiger partial charge in [-0.05, 0) is 26.7 Å². The van der Waals surface area contributed by atoms with Gasteiger partial charge in [0.15, 0.2) is 0 Å². The Hall–Kier alpha value is -0.660. The van der Waals surface area contributed by atoms with Crippen molar-refractivity contribution in [2.24, 2.45) is 5.41 Å². The topological polar surface area (TPSA) is 34.1 Å². The van der Waals surface area contributed by atoms with Gasteiger partial charge in [-0.15, -0.1) is 0 Å². The summed E-state index contributed by atoms with van der Waals surface area (Å²) in [6.07, 6.45) is 41.2. The van der Waals surface area contributed by atoms with Crippen molar-refractivity contribution in [3.05, 3.63) is 0 Å². The van der Waals surface area contributed by atoms with E-state index < -0.39 is 5.41 Å². The fourth-order valence-corrected chi connectivity index (χ4v) is 6.09. The molecule has 0 atom stereocenters. The Morgan fingerprint density at radius 2 is 0.488 bits per heavy atom. The third-order valence-electron chi connectivity index (χ3n) is 9.41. The first-order chi connectivity index (χ1) is 20.0. The zero-order chi connectivity index (χ0) is 30.3. The van der Waals surface area contributed by atoms with Crippen molar-refractivity contribution in [2.75, 3.05) is 0 Å². The molecule has 0 unspecified atom stereocenters. The molecule has 2 heteroatoms. The molecule has 0 spiro atoms. The Morgan fingerprint density at radius 1 is 0.317 bits per heavy atom. The van der Waals surface area contributed by atoms with Crippen LogP contribution in [-0.4, -0.2) is 11.6 Å². The van der Waals surface area contributed by atoms with E-state index in [-0.39, 0.29) is 11.6 Å². The monoisotopic (exact) mass is 577 g/mol. The number of hydrogen-bond donors (Lipinski definition) is 0. The summed E-state index contributed by atoms with van der Waals surface area (Å²) in [5.41, 5.74) is -0.786. The molecule has 244 valence electrons. The summed E-state index contributed by atoms with van der Waals surface area (Å²) in [6.45, 7) is 8.30. The number of carbonyl (C=O) groups is 2. The number of Topliss-reactive ketones (excluding diaryl/α,β-unsaturated/α-hetero) is 2. The maximum atomic E-state index is 12.8. The molecule has 0 aromatic heterocycles. The van der Waals surface area contributed by atoms with Crippen LogP contribution in [0.15, 0.2) is 0 Å². The van der Waals surface area contributed by atoms with E-state index in [1.54, 1.807) is 0 Å². The van der Waals surface area contributed by atoms with Crippen molar-refractivity contribution in [3.63, 3.8) is 0 Å². The van der Waals surface area contributed by atoms with Gasteiger partial charge in [-0.25, -0.2) is 0 Å². The van der Waals surface area contributed by atoms with Crippen molar-refractivity contribution >= 4 is 11.6 Å². The molecule has 0 saturated carbocycles. The normalized spacial score (nSPS) is 11.8. The highest BCUT2D eigenvalue weighted by Crippen LogP contribution is 2.25. The lowest BCUT2D eigenvalue weighted by molar-refractivity contribution is -0.138. The summed E-state index contributed by atoms with van der Waals surface area (Å²) < 4.78 is 0. The van der Waals surface area contributed by atoms with Crippen LogP contribution < -0.4 is 0 Å². The maximum absolute atomic E-state index is 12.8. The van der Waals surface area contributed by atoms with E-state index in [9.17, 15) is 9.59 Å². The van der Waals surface area contributed by atoms with Crippen LogP contribution >= 0.6 is 0 Å². The Bertz CT molecular complexity index is 516. The van der Waals surface area contributed by atoms with Gasteiger partial charge in [-0.2, -0.15) is 0 Å². The predicted octanol–water partition coefficient (Wildman–Crippen LogP) is 13.7. The molecule has 41 heavy (non-hydrogen) atoms. The fraction of sp³-hybridized carbons (Fsp3) is 0.949. The quantitative estimate of drug-likeness (QED) is 0.0564. The van der Waals surface area contributed by atoms with E-state index in [2.05, 4.69) is 13.8 Å². The summed E-state index contributed by atoms with van der Waals surface area (Å²) in [6, 6.07) is 0. The molecule has 0 aliphatic rings. The van der Waals surface area contributed by atoms with Crippen LogP contribution in [0.3, 0.4) is 0 Å². The lowest BCUT2D eigenvalue weighted by Gasteiger charge is -2.21. The largest absolute Gasteiger partial charge is 0.299 e. The van der Waals surface area contributed by atoms with Crippen molar-refractivity contribution in [2.45, 2.75) is 233 Å². The zero-order valence-electron chi connectivity index (χ0n) is 28.9. The fourth-order valence-electron chi connectivity index (χ4n) is 6.09. The van der Waals surface area contributed by atoms with Crippen LogP contribution in [0.1, 0.15) is 233 Å². The van der Waals surface area contributed by atoms with Crippen molar-refractivity contribution < 1.29 is 9.59 Å². The average Bonchev–Trinajstić information content (AvgIpc) is 2.96. The van der Waals surface area contributed by atoms with Gasteiger partial charge in [0.05, 0.1) is 5.41 Å². The van der Waals surface area contributed by atoms with Gasteiger partial charge in [-0.1, -0.05) is 194 Å². The summed E-state index contributed by atoms with van der Waals surface area (Å²) in [4.78, 5) is 25.6. The molecule has 0 aliphatic carbocycles. The van der Waals surface area contributed by atoms with Crippen LogP contribution in [0.5, 0.6) is 0 Å². The van der Waals surface area contributed by atoms with E-state index in [0.29, 0.717) is 12.8 Å². The second-order valence-electron chi connectivity index (χ2n) is 13.9. The minimum absolute atomic E-state index is 0.165. The lowest BCUT2D eigenvalue weighted by atomic mass is 9.79. The molecule has 0 aliphatic heterocycles. The first-order valence-corrected chi connectivity index (χ1v) is 19.0. The Kier molecular flexibility index (Phi) is 30.3. The number of carbonyl (C=O) groups excluding carboxylic acids is 2. The molecule has 0 fully saturated rings. The minimum atomic E-state index is -0.786. The third kappa shape index (κ3) is 26.7. The Labute approximate surface area is 259 Å². The van der Waals surface area contributed by atoms with Gasteiger partial charge in [0.2, 0.25) is 0 Å². The average molecular weight is 577 g/mol. The summed E-state index contributed by atoms with van der Waals surface area (Å²) in [5.74, 6) is 0.330. The van der Waals surface area contributed by atoms with Crippen LogP contribution in [0.4, 0.5) is 0 Å². The van der Waals surface area contributed by atoms with Gasteiger partial charge in [0.25, 0.3) is 0 Å². The maximum Gasteiger partial charge on any atom is 0.145 e. The van der Waals surface area contributed by atoms with E-state index in [1.807, 2.05) is 13.8 Å². The summed E-state index contributed by atoms with van der Waals surface area (Å²) in [5, 5.41) is 0. The molecule has 0 saturated heterocycles. The highest BCUT2D eigenvalue weighted by atomic mass is 16.2. The smallest absolute Gasteiger partial charge is 0.145 e. The molecular formula is C39H76O2. The summed E-state index contributed by atoms with van der Waals surface area (Å²) in [7, 11) is 0. The van der Waals surface area contributed by atoms with Gasteiger partial charge >= 0.3 is 0 Å². The van der Waals surface area contributed by atoms with Gasteiger partial charge in [0, 0.05) is 12.8 Å². The van der Waals surface area contributed by atoms with Gasteiger partial charge in [-0.3, -0.25) is 9.59 Å². The van der Waals surface area contributed by atoms with Gasteiger partial charge in [0.1, 0.15) is 11.6 Å². The Morgan fingerprint density at radius 3 is 0.683 bits per heavy atom. The standard InChI is InChI=1S/C39H76O2/c1-5-7-9-11-13-15-17-19-21-23-25-27-29-31-33-35-37(40)39(3,4)38(41)36-34-32-30-28-26-24-22-20-18-16-14-12-10-8-6-2/h5-36H2,1-4H3. The second kappa shape index (κ2) is 30.8. The molecule has 0 heterocycles. The van der Waals surface area contributed by atoms with Crippen molar-refractivity contribution in [1.29, 1.82) is 0 Å². The number of ketones is 2. The van der Waals surface area contributed by atoms with Crippen LogP contribution in [0, 0.1) is 5.41 Å². The molecule has 0 N–H and O–H groups in total. The molecule has 0 aromatic carbocycles.